The number of nitrogens with zero attached hydrogens (tertiary/aromatic N) is 1. The van der Waals surface area contributed by atoms with Crippen LogP contribution < -0.4 is 4.72 Å². The molecule has 0 atom stereocenters. The van der Waals surface area contributed by atoms with Gasteiger partial charge >= 0.3 is 10.2 Å². The SMILES string of the molecule is CC(C)CCC(=O)c1ccc(CN2CC(=O)NS2(=O)=O)s1. The van der Waals surface area contributed by atoms with Crippen LogP contribution in [0.1, 0.15) is 41.2 Å². The van der Waals surface area contributed by atoms with Crippen molar-refractivity contribution < 1.29 is 18.0 Å². The first-order valence-electron chi connectivity index (χ1n) is 6.70. The zero-order chi connectivity index (χ0) is 15.6. The van der Waals surface area contributed by atoms with Gasteiger partial charge < -0.3 is 0 Å². The van der Waals surface area contributed by atoms with Crippen molar-refractivity contribution in [2.24, 2.45) is 5.92 Å². The minimum atomic E-state index is -3.71. The molecule has 1 aliphatic rings. The Hall–Kier alpha value is -1.25. The Morgan fingerprint density at radius 1 is 1.43 bits per heavy atom. The summed E-state index contributed by atoms with van der Waals surface area (Å²) >= 11 is 1.29. The van der Waals surface area contributed by atoms with Crippen LogP contribution in [-0.2, 0) is 21.5 Å². The van der Waals surface area contributed by atoms with Gasteiger partial charge in [0.05, 0.1) is 18.0 Å². The molecule has 0 radical (unpaired) electrons. The number of nitrogens with one attached hydrogen (secondary N) is 1. The average Bonchev–Trinajstić information content (AvgIpc) is 2.92. The molecule has 1 fully saturated rings. The highest BCUT2D eigenvalue weighted by Crippen LogP contribution is 2.22. The number of ketones is 1. The molecule has 0 unspecified atom stereocenters. The van der Waals surface area contributed by atoms with E-state index in [0.717, 1.165) is 15.6 Å². The number of thiophene rings is 1. The first kappa shape index (κ1) is 16.1. The summed E-state index contributed by atoms with van der Waals surface area (Å²) in [6, 6.07) is 3.46. The zero-order valence-electron chi connectivity index (χ0n) is 12.0. The molecule has 1 amide bonds. The Balaban J connectivity index is 2.00. The van der Waals surface area contributed by atoms with Crippen LogP contribution in [0.5, 0.6) is 0 Å². The first-order chi connectivity index (χ1) is 9.78. The molecule has 21 heavy (non-hydrogen) atoms. The van der Waals surface area contributed by atoms with Crippen molar-refractivity contribution in [3.05, 3.63) is 21.9 Å². The number of hydrogen-bond donors (Lipinski definition) is 1. The Labute approximate surface area is 128 Å². The van der Waals surface area contributed by atoms with Crippen LogP contribution in [-0.4, -0.2) is 31.0 Å². The Morgan fingerprint density at radius 2 is 2.14 bits per heavy atom. The average molecular weight is 330 g/mol. The van der Waals surface area contributed by atoms with Gasteiger partial charge in [-0.1, -0.05) is 13.8 Å². The summed E-state index contributed by atoms with van der Waals surface area (Å²) in [5, 5.41) is 0. The molecule has 1 aromatic rings. The molecule has 0 saturated carbocycles. The molecule has 1 aliphatic heterocycles. The summed E-state index contributed by atoms with van der Waals surface area (Å²) < 4.78 is 26.2. The number of amides is 1. The maximum atomic E-state index is 12.0. The van der Waals surface area contributed by atoms with Gasteiger partial charge in [0.1, 0.15) is 0 Å². The number of Topliss-reactive ketones (excluding diaryl/α,β-unsaturated/α-hetero) is 1. The highest BCUT2D eigenvalue weighted by molar-refractivity contribution is 7.88. The Kier molecular flexibility index (Phi) is 4.80. The molecule has 0 bridgehead atoms. The lowest BCUT2D eigenvalue weighted by atomic mass is 10.1. The van der Waals surface area contributed by atoms with Gasteiger partial charge in [-0.05, 0) is 24.5 Å². The van der Waals surface area contributed by atoms with E-state index in [1.54, 1.807) is 12.1 Å². The molecular weight excluding hydrogens is 312 g/mol. The molecule has 0 aromatic carbocycles. The molecule has 2 heterocycles. The molecule has 8 heteroatoms. The smallest absolute Gasteiger partial charge is 0.293 e. The molecule has 2 rings (SSSR count). The van der Waals surface area contributed by atoms with Gasteiger partial charge in [0.15, 0.2) is 5.78 Å². The van der Waals surface area contributed by atoms with Gasteiger partial charge in [-0.25, -0.2) is 4.72 Å². The van der Waals surface area contributed by atoms with Crippen LogP contribution in [0.4, 0.5) is 0 Å². The third-order valence-electron chi connectivity index (χ3n) is 3.12. The topological polar surface area (TPSA) is 83.6 Å². The van der Waals surface area contributed by atoms with E-state index < -0.39 is 16.1 Å². The normalized spacial score (nSPS) is 18.1. The maximum Gasteiger partial charge on any atom is 0.304 e. The van der Waals surface area contributed by atoms with Gasteiger partial charge in [0.25, 0.3) is 0 Å². The largest absolute Gasteiger partial charge is 0.304 e. The lowest BCUT2D eigenvalue weighted by molar-refractivity contribution is -0.118. The fraction of sp³-hybridized carbons (Fsp3) is 0.538. The lowest BCUT2D eigenvalue weighted by Gasteiger charge is -2.09. The van der Waals surface area contributed by atoms with E-state index >= 15 is 0 Å². The van der Waals surface area contributed by atoms with E-state index in [-0.39, 0.29) is 18.9 Å². The van der Waals surface area contributed by atoms with Crippen molar-refractivity contribution in [1.29, 1.82) is 0 Å². The van der Waals surface area contributed by atoms with Gasteiger partial charge in [0, 0.05) is 11.3 Å². The Morgan fingerprint density at radius 3 is 2.71 bits per heavy atom. The van der Waals surface area contributed by atoms with Gasteiger partial charge in [-0.3, -0.25) is 9.59 Å². The van der Waals surface area contributed by atoms with Crippen LogP contribution in [0.2, 0.25) is 0 Å². The van der Waals surface area contributed by atoms with Crippen molar-refractivity contribution in [1.82, 2.24) is 9.03 Å². The fourth-order valence-electron chi connectivity index (χ4n) is 1.96. The molecular formula is C13H18N2O4S2. The summed E-state index contributed by atoms with van der Waals surface area (Å²) in [6.45, 7) is 4.07. The van der Waals surface area contributed by atoms with E-state index in [1.165, 1.54) is 11.3 Å². The third kappa shape index (κ3) is 4.12. The highest BCUT2D eigenvalue weighted by atomic mass is 32.2. The summed E-state index contributed by atoms with van der Waals surface area (Å²) in [7, 11) is -3.71. The lowest BCUT2D eigenvalue weighted by Crippen LogP contribution is -2.28. The molecule has 0 aliphatic carbocycles. The second-order valence-electron chi connectivity index (χ2n) is 5.42. The van der Waals surface area contributed by atoms with Gasteiger partial charge in [0.2, 0.25) is 5.91 Å². The van der Waals surface area contributed by atoms with Crippen LogP contribution in [0.25, 0.3) is 0 Å². The predicted molar refractivity (Wildman–Crippen MR) is 80.2 cm³/mol. The summed E-state index contributed by atoms with van der Waals surface area (Å²) in [4.78, 5) is 24.5. The zero-order valence-corrected chi connectivity index (χ0v) is 13.6. The van der Waals surface area contributed by atoms with Crippen LogP contribution in [0.15, 0.2) is 12.1 Å². The molecule has 1 N–H and O–H groups in total. The van der Waals surface area contributed by atoms with E-state index in [9.17, 15) is 18.0 Å². The number of carbonyl (C=O) groups is 2. The summed E-state index contributed by atoms with van der Waals surface area (Å²) in [5.74, 6) is 0.0263. The van der Waals surface area contributed by atoms with Crippen molar-refractivity contribution >= 4 is 33.2 Å². The molecule has 116 valence electrons. The number of carbonyl (C=O) groups excluding carboxylic acids is 2. The van der Waals surface area contributed by atoms with E-state index in [1.807, 2.05) is 4.72 Å². The van der Waals surface area contributed by atoms with Crippen LogP contribution >= 0.6 is 11.3 Å². The first-order valence-corrected chi connectivity index (χ1v) is 8.96. The third-order valence-corrected chi connectivity index (χ3v) is 5.65. The van der Waals surface area contributed by atoms with Crippen molar-refractivity contribution in [3.63, 3.8) is 0 Å². The standard InChI is InChI=1S/C13H18N2O4S2/c1-9(2)3-5-11(16)12-6-4-10(20-12)7-15-8-13(17)14-21(15,18)19/h4,6,9H,3,5,7-8H2,1-2H3,(H,14,17). The minimum absolute atomic E-state index is 0.0819. The Bertz CT molecular complexity index is 649. The van der Waals surface area contributed by atoms with Crippen molar-refractivity contribution in [2.45, 2.75) is 33.2 Å². The molecule has 1 saturated heterocycles. The minimum Gasteiger partial charge on any atom is -0.293 e. The number of rotatable bonds is 6. The van der Waals surface area contributed by atoms with Gasteiger partial charge in [-0.2, -0.15) is 12.7 Å². The van der Waals surface area contributed by atoms with E-state index in [2.05, 4.69) is 13.8 Å². The monoisotopic (exact) mass is 330 g/mol. The molecule has 0 spiro atoms. The fourth-order valence-corrected chi connectivity index (χ4v) is 4.11. The van der Waals surface area contributed by atoms with Crippen LogP contribution in [0, 0.1) is 5.92 Å². The second kappa shape index (κ2) is 6.25. The maximum absolute atomic E-state index is 12.0. The van der Waals surface area contributed by atoms with Crippen molar-refractivity contribution in [2.75, 3.05) is 6.54 Å². The number of hydrogen-bond acceptors (Lipinski definition) is 5. The highest BCUT2D eigenvalue weighted by Gasteiger charge is 2.33. The van der Waals surface area contributed by atoms with E-state index in [4.69, 9.17) is 0 Å². The van der Waals surface area contributed by atoms with E-state index in [0.29, 0.717) is 17.2 Å². The predicted octanol–water partition coefficient (Wildman–Crippen LogP) is 1.54. The second-order valence-corrected chi connectivity index (χ2v) is 8.26. The van der Waals surface area contributed by atoms with Gasteiger partial charge in [-0.15, -0.1) is 11.3 Å². The summed E-state index contributed by atoms with van der Waals surface area (Å²) in [5.41, 5.74) is 0. The molecule has 1 aromatic heterocycles. The quantitative estimate of drug-likeness (QED) is 0.802. The molecule has 6 nitrogen and oxygen atoms in total. The van der Waals surface area contributed by atoms with Crippen LogP contribution in [0.3, 0.4) is 0 Å². The summed E-state index contributed by atoms with van der Waals surface area (Å²) in [6.07, 6.45) is 1.34. The van der Waals surface area contributed by atoms with Crippen molar-refractivity contribution in [3.8, 4) is 0 Å².